The predicted molar refractivity (Wildman–Crippen MR) is 87.4 cm³/mol. The SMILES string of the molecule is COCn1cc(NC(=O)/C=C/c2ccc(C(C)C)cc2)cn1. The van der Waals surface area contributed by atoms with Gasteiger partial charge in [0.05, 0.1) is 18.1 Å². The van der Waals surface area contributed by atoms with Gasteiger partial charge in [-0.25, -0.2) is 4.68 Å². The fourth-order valence-electron chi connectivity index (χ4n) is 1.98. The lowest BCUT2D eigenvalue weighted by Gasteiger charge is -2.04. The van der Waals surface area contributed by atoms with E-state index in [1.807, 2.05) is 12.1 Å². The van der Waals surface area contributed by atoms with Crippen LogP contribution in [0.4, 0.5) is 5.69 Å². The number of methoxy groups -OCH3 is 1. The highest BCUT2D eigenvalue weighted by Crippen LogP contribution is 2.15. The zero-order valence-electron chi connectivity index (χ0n) is 13.1. The zero-order chi connectivity index (χ0) is 15.9. The van der Waals surface area contributed by atoms with Gasteiger partial charge in [0.2, 0.25) is 5.91 Å². The highest BCUT2D eigenvalue weighted by Gasteiger charge is 2.02. The first-order chi connectivity index (χ1) is 10.6. The van der Waals surface area contributed by atoms with Crippen molar-refractivity contribution in [3.05, 3.63) is 53.9 Å². The van der Waals surface area contributed by atoms with Gasteiger partial charge in [-0.2, -0.15) is 5.10 Å². The normalized spacial score (nSPS) is 11.3. The van der Waals surface area contributed by atoms with E-state index in [4.69, 9.17) is 4.74 Å². The summed E-state index contributed by atoms with van der Waals surface area (Å²) >= 11 is 0. The van der Waals surface area contributed by atoms with Crippen molar-refractivity contribution in [2.24, 2.45) is 0 Å². The molecule has 1 aromatic carbocycles. The van der Waals surface area contributed by atoms with Crippen LogP contribution in [0.3, 0.4) is 0 Å². The van der Waals surface area contributed by atoms with E-state index < -0.39 is 0 Å². The Kier molecular flexibility index (Phi) is 5.49. The maximum atomic E-state index is 11.9. The fourth-order valence-corrected chi connectivity index (χ4v) is 1.98. The summed E-state index contributed by atoms with van der Waals surface area (Å²) in [5.74, 6) is 0.315. The van der Waals surface area contributed by atoms with Crippen molar-refractivity contribution in [3.8, 4) is 0 Å². The van der Waals surface area contributed by atoms with Crippen LogP contribution >= 0.6 is 0 Å². The Balaban J connectivity index is 1.92. The molecule has 0 unspecified atom stereocenters. The minimum Gasteiger partial charge on any atom is -0.362 e. The molecule has 5 heteroatoms. The molecule has 1 N–H and O–H groups in total. The van der Waals surface area contributed by atoms with E-state index in [1.165, 1.54) is 11.6 Å². The highest BCUT2D eigenvalue weighted by atomic mass is 16.5. The molecule has 22 heavy (non-hydrogen) atoms. The number of amides is 1. The summed E-state index contributed by atoms with van der Waals surface area (Å²) < 4.78 is 6.55. The van der Waals surface area contributed by atoms with Crippen LogP contribution < -0.4 is 5.32 Å². The molecule has 0 fully saturated rings. The van der Waals surface area contributed by atoms with Crippen LogP contribution in [0.15, 0.2) is 42.7 Å². The van der Waals surface area contributed by atoms with Crippen molar-refractivity contribution in [1.82, 2.24) is 9.78 Å². The number of ether oxygens (including phenoxy) is 1. The Labute approximate surface area is 130 Å². The first kappa shape index (κ1) is 16.0. The molecule has 116 valence electrons. The number of hydrogen-bond donors (Lipinski definition) is 1. The summed E-state index contributed by atoms with van der Waals surface area (Å²) in [5, 5.41) is 6.81. The van der Waals surface area contributed by atoms with Crippen LogP contribution in [-0.4, -0.2) is 22.8 Å². The average molecular weight is 299 g/mol. The van der Waals surface area contributed by atoms with Gasteiger partial charge < -0.3 is 10.1 Å². The number of benzene rings is 1. The summed E-state index contributed by atoms with van der Waals surface area (Å²) in [7, 11) is 1.59. The molecule has 0 spiro atoms. The lowest BCUT2D eigenvalue weighted by atomic mass is 10.0. The number of nitrogens with zero attached hydrogens (tertiary/aromatic N) is 2. The molecule has 0 aliphatic heterocycles. The maximum absolute atomic E-state index is 11.9. The van der Waals surface area contributed by atoms with Gasteiger partial charge in [-0.3, -0.25) is 4.79 Å². The quantitative estimate of drug-likeness (QED) is 0.833. The second-order valence-corrected chi connectivity index (χ2v) is 5.33. The molecule has 0 aliphatic rings. The summed E-state index contributed by atoms with van der Waals surface area (Å²) in [6.07, 6.45) is 6.60. The number of carbonyl (C=O) groups is 1. The third kappa shape index (κ3) is 4.56. The predicted octanol–water partition coefficient (Wildman–Crippen LogP) is 3.26. The molecule has 5 nitrogen and oxygen atoms in total. The summed E-state index contributed by atoms with van der Waals surface area (Å²) in [6, 6.07) is 8.18. The number of hydrogen-bond acceptors (Lipinski definition) is 3. The van der Waals surface area contributed by atoms with Gasteiger partial charge in [0.15, 0.2) is 0 Å². The third-order valence-corrected chi connectivity index (χ3v) is 3.19. The average Bonchev–Trinajstić information content (AvgIpc) is 2.93. The van der Waals surface area contributed by atoms with Crippen molar-refractivity contribution in [3.63, 3.8) is 0 Å². The topological polar surface area (TPSA) is 56.1 Å². The van der Waals surface area contributed by atoms with Crippen LogP contribution in [0.1, 0.15) is 30.9 Å². The van der Waals surface area contributed by atoms with E-state index in [0.717, 1.165) is 5.56 Å². The second-order valence-electron chi connectivity index (χ2n) is 5.33. The minimum atomic E-state index is -0.190. The van der Waals surface area contributed by atoms with E-state index in [2.05, 4.69) is 36.4 Å². The monoisotopic (exact) mass is 299 g/mol. The molecular formula is C17H21N3O2. The van der Waals surface area contributed by atoms with Crippen molar-refractivity contribution in [1.29, 1.82) is 0 Å². The van der Waals surface area contributed by atoms with Crippen LogP contribution in [0.5, 0.6) is 0 Å². The Morgan fingerprint density at radius 2 is 2.09 bits per heavy atom. The lowest BCUT2D eigenvalue weighted by molar-refractivity contribution is -0.111. The minimum absolute atomic E-state index is 0.190. The molecule has 0 aliphatic carbocycles. The van der Waals surface area contributed by atoms with Crippen molar-refractivity contribution in [2.45, 2.75) is 26.5 Å². The van der Waals surface area contributed by atoms with Gasteiger partial charge >= 0.3 is 0 Å². The Hall–Kier alpha value is -2.40. The van der Waals surface area contributed by atoms with Crippen molar-refractivity contribution >= 4 is 17.7 Å². The zero-order valence-corrected chi connectivity index (χ0v) is 13.1. The molecule has 1 amide bonds. The van der Waals surface area contributed by atoms with E-state index in [9.17, 15) is 4.79 Å². The highest BCUT2D eigenvalue weighted by molar-refractivity contribution is 6.01. The fraction of sp³-hybridized carbons (Fsp3) is 0.294. The molecule has 1 aromatic heterocycles. The molecule has 0 bridgehead atoms. The smallest absolute Gasteiger partial charge is 0.248 e. The first-order valence-electron chi connectivity index (χ1n) is 7.19. The van der Waals surface area contributed by atoms with Gasteiger partial charge in [0.25, 0.3) is 0 Å². The largest absolute Gasteiger partial charge is 0.362 e. The van der Waals surface area contributed by atoms with Crippen LogP contribution in [0.2, 0.25) is 0 Å². The lowest BCUT2D eigenvalue weighted by Crippen LogP contribution is -2.07. The molecule has 0 saturated carbocycles. The van der Waals surface area contributed by atoms with E-state index in [-0.39, 0.29) is 5.91 Å². The van der Waals surface area contributed by atoms with E-state index >= 15 is 0 Å². The Morgan fingerprint density at radius 1 is 1.36 bits per heavy atom. The number of rotatable bonds is 6. The number of anilines is 1. The van der Waals surface area contributed by atoms with Crippen molar-refractivity contribution in [2.75, 3.05) is 12.4 Å². The third-order valence-electron chi connectivity index (χ3n) is 3.19. The Bertz CT molecular complexity index is 642. The Morgan fingerprint density at radius 3 is 2.73 bits per heavy atom. The van der Waals surface area contributed by atoms with Gasteiger partial charge in [-0.15, -0.1) is 0 Å². The molecule has 0 radical (unpaired) electrons. The molecule has 0 saturated heterocycles. The van der Waals surface area contributed by atoms with Gasteiger partial charge in [0.1, 0.15) is 6.73 Å². The van der Waals surface area contributed by atoms with Gasteiger partial charge in [-0.1, -0.05) is 38.1 Å². The molecule has 2 rings (SSSR count). The standard InChI is InChI=1S/C17H21N3O2/c1-13(2)15-7-4-14(5-8-15)6-9-17(21)19-16-10-18-20(11-16)12-22-3/h4-11,13H,12H2,1-3H3,(H,19,21)/b9-6+. The summed E-state index contributed by atoms with van der Waals surface area (Å²) in [6.45, 7) is 4.66. The maximum Gasteiger partial charge on any atom is 0.248 e. The molecule has 0 atom stereocenters. The molecule has 1 heterocycles. The van der Waals surface area contributed by atoms with Crippen LogP contribution in [-0.2, 0) is 16.3 Å². The van der Waals surface area contributed by atoms with Crippen LogP contribution in [0, 0.1) is 0 Å². The van der Waals surface area contributed by atoms with Gasteiger partial charge in [-0.05, 0) is 23.1 Å². The summed E-state index contributed by atoms with van der Waals surface area (Å²) in [5.41, 5.74) is 2.92. The second kappa shape index (κ2) is 7.56. The van der Waals surface area contributed by atoms with E-state index in [0.29, 0.717) is 18.3 Å². The number of carbonyl (C=O) groups excluding carboxylic acids is 1. The molecule has 2 aromatic rings. The van der Waals surface area contributed by atoms with Crippen molar-refractivity contribution < 1.29 is 9.53 Å². The number of nitrogens with one attached hydrogen (secondary N) is 1. The van der Waals surface area contributed by atoms with Crippen LogP contribution in [0.25, 0.3) is 6.08 Å². The molecular weight excluding hydrogens is 278 g/mol. The van der Waals surface area contributed by atoms with E-state index in [1.54, 1.807) is 30.3 Å². The number of aromatic nitrogens is 2. The summed E-state index contributed by atoms with van der Waals surface area (Å²) in [4.78, 5) is 11.9. The van der Waals surface area contributed by atoms with Gasteiger partial charge in [0, 0.05) is 13.2 Å². The first-order valence-corrected chi connectivity index (χ1v) is 7.19.